The zero-order valence-corrected chi connectivity index (χ0v) is 12.7. The number of benzene rings is 1. The Morgan fingerprint density at radius 3 is 3.10 bits per heavy atom. The van der Waals surface area contributed by atoms with Gasteiger partial charge in [-0.1, -0.05) is 11.6 Å². The minimum absolute atomic E-state index is 0.0144. The van der Waals surface area contributed by atoms with Gasteiger partial charge in [0, 0.05) is 36.6 Å². The Morgan fingerprint density at radius 1 is 1.38 bits per heavy atom. The van der Waals surface area contributed by atoms with Crippen molar-refractivity contribution in [3.63, 3.8) is 0 Å². The van der Waals surface area contributed by atoms with Crippen LogP contribution < -0.4 is 10.1 Å². The van der Waals surface area contributed by atoms with Crippen molar-refractivity contribution in [2.24, 2.45) is 5.92 Å². The van der Waals surface area contributed by atoms with E-state index in [0.29, 0.717) is 29.7 Å². The molecule has 0 saturated carbocycles. The van der Waals surface area contributed by atoms with Crippen molar-refractivity contribution < 1.29 is 14.3 Å². The maximum Gasteiger partial charge on any atom is 0.224 e. The summed E-state index contributed by atoms with van der Waals surface area (Å²) in [6.45, 7) is 2.29. The molecule has 0 aliphatic carbocycles. The molecule has 4 nitrogen and oxygen atoms in total. The van der Waals surface area contributed by atoms with Gasteiger partial charge in [-0.05, 0) is 37.3 Å². The fraction of sp³-hybridized carbons (Fsp3) is 0.562. The summed E-state index contributed by atoms with van der Waals surface area (Å²) in [5.41, 5.74) is 1.76. The average molecular weight is 310 g/mol. The lowest BCUT2D eigenvalue weighted by Gasteiger charge is -2.21. The molecule has 21 heavy (non-hydrogen) atoms. The first-order valence-electron chi connectivity index (χ1n) is 7.55. The second-order valence-corrected chi connectivity index (χ2v) is 6.15. The van der Waals surface area contributed by atoms with Gasteiger partial charge in [0.15, 0.2) is 0 Å². The summed E-state index contributed by atoms with van der Waals surface area (Å²) in [7, 11) is 0. The van der Waals surface area contributed by atoms with Crippen molar-refractivity contribution in [2.45, 2.75) is 32.1 Å². The molecule has 0 radical (unpaired) electrons. The van der Waals surface area contributed by atoms with Gasteiger partial charge in [0.2, 0.25) is 5.91 Å². The van der Waals surface area contributed by atoms with Gasteiger partial charge in [-0.15, -0.1) is 0 Å². The number of ether oxygens (including phenoxy) is 2. The number of hydrogen-bond donors (Lipinski definition) is 1. The molecule has 1 N–H and O–H groups in total. The van der Waals surface area contributed by atoms with Crippen LogP contribution in [0, 0.1) is 5.92 Å². The molecule has 3 rings (SSSR count). The van der Waals surface area contributed by atoms with Crippen molar-refractivity contribution in [2.75, 3.05) is 25.1 Å². The molecule has 0 unspecified atom stereocenters. The Bertz CT molecular complexity index is 526. The second-order valence-electron chi connectivity index (χ2n) is 5.71. The summed E-state index contributed by atoms with van der Waals surface area (Å²) in [6, 6.07) is 3.66. The van der Waals surface area contributed by atoms with Gasteiger partial charge in [0.25, 0.3) is 0 Å². The average Bonchev–Trinajstić information content (AvgIpc) is 2.94. The Kier molecular flexibility index (Phi) is 4.66. The largest absolute Gasteiger partial charge is 0.491 e. The highest BCUT2D eigenvalue weighted by Gasteiger charge is 2.20. The summed E-state index contributed by atoms with van der Waals surface area (Å²) in [5, 5.41) is 3.57. The minimum atomic E-state index is 0.0144. The first-order valence-corrected chi connectivity index (χ1v) is 7.93. The van der Waals surface area contributed by atoms with E-state index in [0.717, 1.165) is 50.2 Å². The lowest BCUT2D eigenvalue weighted by atomic mass is 9.97. The highest BCUT2D eigenvalue weighted by Crippen LogP contribution is 2.36. The number of halogens is 1. The number of amides is 1. The summed E-state index contributed by atoms with van der Waals surface area (Å²) in [5.74, 6) is 1.29. The number of rotatable bonds is 4. The van der Waals surface area contributed by atoms with Gasteiger partial charge >= 0.3 is 0 Å². The molecule has 1 saturated heterocycles. The predicted molar refractivity (Wildman–Crippen MR) is 82.1 cm³/mol. The molecule has 1 aromatic rings. The van der Waals surface area contributed by atoms with Crippen LogP contribution in [0.3, 0.4) is 0 Å². The number of carbonyl (C=O) groups is 1. The topological polar surface area (TPSA) is 47.6 Å². The maximum atomic E-state index is 12.1. The van der Waals surface area contributed by atoms with E-state index in [2.05, 4.69) is 5.32 Å². The van der Waals surface area contributed by atoms with E-state index in [1.165, 1.54) is 0 Å². The number of fused-ring (bicyclic) bond motifs is 1. The second kappa shape index (κ2) is 6.67. The highest BCUT2D eigenvalue weighted by molar-refractivity contribution is 6.31. The van der Waals surface area contributed by atoms with Crippen molar-refractivity contribution in [1.29, 1.82) is 0 Å². The van der Waals surface area contributed by atoms with Crippen molar-refractivity contribution in [1.82, 2.24) is 0 Å². The van der Waals surface area contributed by atoms with Gasteiger partial charge in [-0.25, -0.2) is 0 Å². The molecule has 0 spiro atoms. The van der Waals surface area contributed by atoms with Crippen LogP contribution in [0.1, 0.15) is 31.2 Å². The first kappa shape index (κ1) is 14.7. The van der Waals surface area contributed by atoms with E-state index >= 15 is 0 Å². The minimum Gasteiger partial charge on any atom is -0.491 e. The Morgan fingerprint density at radius 2 is 2.29 bits per heavy atom. The first-order chi connectivity index (χ1) is 10.2. The Balaban J connectivity index is 1.57. The number of anilines is 1. The van der Waals surface area contributed by atoms with Crippen molar-refractivity contribution in [3.8, 4) is 5.75 Å². The molecule has 1 aromatic carbocycles. The molecule has 1 fully saturated rings. The standard InChI is InChI=1S/C16H20ClNO3/c17-13-8-12-5-7-21-16(12)14(9-13)18-15(19)4-3-11-2-1-6-20-10-11/h8-9,11H,1-7,10H2,(H,18,19)/t11-/m1/s1. The van der Waals surface area contributed by atoms with E-state index in [1.807, 2.05) is 6.07 Å². The van der Waals surface area contributed by atoms with Gasteiger partial charge in [-0.3, -0.25) is 4.79 Å². The summed E-state index contributed by atoms with van der Waals surface area (Å²) in [6.07, 6.45) is 4.48. The normalized spacial score (nSPS) is 20.7. The van der Waals surface area contributed by atoms with Crippen LogP contribution in [0.4, 0.5) is 5.69 Å². The maximum absolute atomic E-state index is 12.1. The number of carbonyl (C=O) groups excluding carboxylic acids is 1. The molecule has 2 heterocycles. The summed E-state index contributed by atoms with van der Waals surface area (Å²) in [4.78, 5) is 12.1. The quantitative estimate of drug-likeness (QED) is 0.927. The zero-order chi connectivity index (χ0) is 14.7. The van der Waals surface area contributed by atoms with Gasteiger partial charge in [-0.2, -0.15) is 0 Å². The fourth-order valence-electron chi connectivity index (χ4n) is 2.95. The van der Waals surface area contributed by atoms with Crippen molar-refractivity contribution in [3.05, 3.63) is 22.7 Å². The predicted octanol–water partition coefficient (Wildman–Crippen LogP) is 3.42. The zero-order valence-electron chi connectivity index (χ0n) is 12.0. The van der Waals surface area contributed by atoms with Crippen LogP contribution >= 0.6 is 11.6 Å². The van der Waals surface area contributed by atoms with Crippen LogP contribution in [0.25, 0.3) is 0 Å². The molecule has 114 valence electrons. The molecular formula is C16H20ClNO3. The van der Waals surface area contributed by atoms with Crippen molar-refractivity contribution >= 4 is 23.2 Å². The lowest BCUT2D eigenvalue weighted by Crippen LogP contribution is -2.20. The Labute approximate surface area is 129 Å². The van der Waals surface area contributed by atoms with Gasteiger partial charge in [0.05, 0.1) is 12.3 Å². The van der Waals surface area contributed by atoms with Crippen LogP contribution in [0.5, 0.6) is 5.75 Å². The van der Waals surface area contributed by atoms with Crippen LogP contribution in [-0.2, 0) is 16.0 Å². The van der Waals surface area contributed by atoms with E-state index in [1.54, 1.807) is 6.07 Å². The monoisotopic (exact) mass is 309 g/mol. The third-order valence-electron chi connectivity index (χ3n) is 4.06. The van der Waals surface area contributed by atoms with Gasteiger partial charge < -0.3 is 14.8 Å². The fourth-order valence-corrected chi connectivity index (χ4v) is 3.19. The Hall–Kier alpha value is -1.26. The van der Waals surface area contributed by atoms with Crippen LogP contribution in [0.15, 0.2) is 12.1 Å². The SMILES string of the molecule is O=C(CC[C@H]1CCCOC1)Nc1cc(Cl)cc2c1OCC2. The molecule has 0 bridgehead atoms. The third kappa shape index (κ3) is 3.69. The summed E-state index contributed by atoms with van der Waals surface area (Å²) < 4.78 is 11.0. The molecule has 2 aliphatic rings. The van der Waals surface area contributed by atoms with E-state index in [-0.39, 0.29) is 5.91 Å². The molecule has 5 heteroatoms. The molecule has 1 amide bonds. The lowest BCUT2D eigenvalue weighted by molar-refractivity contribution is -0.116. The third-order valence-corrected chi connectivity index (χ3v) is 4.27. The smallest absolute Gasteiger partial charge is 0.224 e. The molecule has 2 aliphatic heterocycles. The summed E-state index contributed by atoms with van der Waals surface area (Å²) >= 11 is 6.09. The number of hydrogen-bond acceptors (Lipinski definition) is 3. The van der Waals surface area contributed by atoms with Gasteiger partial charge in [0.1, 0.15) is 5.75 Å². The molecular weight excluding hydrogens is 290 g/mol. The van der Waals surface area contributed by atoms with Crippen LogP contribution in [-0.4, -0.2) is 25.7 Å². The van der Waals surface area contributed by atoms with E-state index in [4.69, 9.17) is 21.1 Å². The number of nitrogens with one attached hydrogen (secondary N) is 1. The van der Waals surface area contributed by atoms with E-state index in [9.17, 15) is 4.79 Å². The van der Waals surface area contributed by atoms with Crippen LogP contribution in [0.2, 0.25) is 5.02 Å². The molecule has 1 atom stereocenters. The van der Waals surface area contributed by atoms with E-state index < -0.39 is 0 Å². The highest BCUT2D eigenvalue weighted by atomic mass is 35.5. The molecule has 0 aromatic heterocycles.